The predicted molar refractivity (Wildman–Crippen MR) is 89.0 cm³/mol. The molecule has 1 aliphatic carbocycles. The van der Waals surface area contributed by atoms with Crippen molar-refractivity contribution in [1.29, 1.82) is 0 Å². The number of nitrogens with one attached hydrogen (secondary N) is 1. The number of aryl methyl sites for hydroxylation is 2. The van der Waals surface area contributed by atoms with Crippen molar-refractivity contribution in [2.24, 2.45) is 5.92 Å². The summed E-state index contributed by atoms with van der Waals surface area (Å²) in [5, 5.41) is 7.17. The van der Waals surface area contributed by atoms with Gasteiger partial charge in [-0.3, -0.25) is 9.89 Å². The zero-order valence-electron chi connectivity index (χ0n) is 13.6. The molecule has 4 rings (SSSR count). The fourth-order valence-corrected chi connectivity index (χ4v) is 4.03. The summed E-state index contributed by atoms with van der Waals surface area (Å²) < 4.78 is 0. The summed E-state index contributed by atoms with van der Waals surface area (Å²) in [5.41, 5.74) is 4.98. The molecule has 1 aromatic heterocycles. The monoisotopic (exact) mass is 309 g/mol. The molecule has 1 amide bonds. The van der Waals surface area contributed by atoms with Gasteiger partial charge < -0.3 is 4.90 Å². The smallest absolute Gasteiger partial charge is 0.226 e. The van der Waals surface area contributed by atoms with E-state index in [9.17, 15) is 4.79 Å². The number of fused-ring (bicyclic) bond motifs is 1. The first kappa shape index (κ1) is 14.5. The van der Waals surface area contributed by atoms with E-state index >= 15 is 0 Å². The van der Waals surface area contributed by atoms with Gasteiger partial charge in [0.15, 0.2) is 0 Å². The molecule has 2 atom stereocenters. The van der Waals surface area contributed by atoms with Gasteiger partial charge in [-0.2, -0.15) is 5.10 Å². The van der Waals surface area contributed by atoms with E-state index in [1.165, 1.54) is 22.4 Å². The SMILES string of the molecule is Cc1ccc(C2CCCN2C(=O)C2CCc3[nH]ncc3C2)cc1. The number of hydrogen-bond donors (Lipinski definition) is 1. The Morgan fingerprint density at radius 1 is 1.26 bits per heavy atom. The van der Waals surface area contributed by atoms with Crippen LogP contribution in [-0.4, -0.2) is 27.5 Å². The lowest BCUT2D eigenvalue weighted by molar-refractivity contribution is -0.136. The minimum Gasteiger partial charge on any atom is -0.335 e. The normalized spacial score (nSPS) is 23.8. The van der Waals surface area contributed by atoms with Crippen molar-refractivity contribution < 1.29 is 4.79 Å². The van der Waals surface area contributed by atoms with Crippen molar-refractivity contribution in [2.45, 2.75) is 45.1 Å². The maximum Gasteiger partial charge on any atom is 0.226 e. The minimum absolute atomic E-state index is 0.117. The zero-order valence-corrected chi connectivity index (χ0v) is 13.6. The van der Waals surface area contributed by atoms with Crippen molar-refractivity contribution in [3.8, 4) is 0 Å². The summed E-state index contributed by atoms with van der Waals surface area (Å²) in [4.78, 5) is 15.2. The van der Waals surface area contributed by atoms with Crippen LogP contribution in [-0.2, 0) is 17.6 Å². The molecule has 2 aromatic rings. The summed E-state index contributed by atoms with van der Waals surface area (Å²) in [6.45, 7) is 3.00. The molecule has 2 heterocycles. The number of carbonyl (C=O) groups is 1. The molecule has 2 unspecified atom stereocenters. The Kier molecular flexibility index (Phi) is 3.68. The van der Waals surface area contributed by atoms with Crippen LogP contribution in [0, 0.1) is 12.8 Å². The number of hydrogen-bond acceptors (Lipinski definition) is 2. The standard InChI is InChI=1S/C19H23N3O/c1-13-4-6-14(7-5-13)18-3-2-10-22(18)19(23)15-8-9-17-16(11-15)12-20-21-17/h4-7,12,15,18H,2-3,8-11H2,1H3,(H,20,21). The number of carbonyl (C=O) groups excluding carboxylic acids is 1. The summed E-state index contributed by atoms with van der Waals surface area (Å²) in [6, 6.07) is 8.92. The number of likely N-dealkylation sites (tertiary alicyclic amines) is 1. The lowest BCUT2D eigenvalue weighted by Gasteiger charge is -2.30. The van der Waals surface area contributed by atoms with Crippen LogP contribution in [0.4, 0.5) is 0 Å². The predicted octanol–water partition coefficient (Wildman–Crippen LogP) is 3.19. The summed E-state index contributed by atoms with van der Waals surface area (Å²) in [7, 11) is 0. The molecule has 0 saturated carbocycles. The highest BCUT2D eigenvalue weighted by molar-refractivity contribution is 5.80. The maximum atomic E-state index is 13.1. The van der Waals surface area contributed by atoms with E-state index in [2.05, 4.69) is 46.3 Å². The first-order chi connectivity index (χ1) is 11.2. The van der Waals surface area contributed by atoms with Crippen LogP contribution in [0.3, 0.4) is 0 Å². The van der Waals surface area contributed by atoms with E-state index < -0.39 is 0 Å². The maximum absolute atomic E-state index is 13.1. The van der Waals surface area contributed by atoms with E-state index in [0.717, 1.165) is 38.6 Å². The van der Waals surface area contributed by atoms with Crippen molar-refractivity contribution in [2.75, 3.05) is 6.54 Å². The number of rotatable bonds is 2. The molecule has 4 heteroatoms. The lowest BCUT2D eigenvalue weighted by atomic mass is 9.86. The highest BCUT2D eigenvalue weighted by atomic mass is 16.2. The van der Waals surface area contributed by atoms with Crippen molar-refractivity contribution in [3.05, 3.63) is 52.8 Å². The Labute approximate surface area is 136 Å². The highest BCUT2D eigenvalue weighted by Crippen LogP contribution is 2.35. The van der Waals surface area contributed by atoms with Gasteiger partial charge >= 0.3 is 0 Å². The third-order valence-electron chi connectivity index (χ3n) is 5.36. The molecule has 4 nitrogen and oxygen atoms in total. The van der Waals surface area contributed by atoms with Gasteiger partial charge in [0, 0.05) is 18.2 Å². The second-order valence-corrected chi connectivity index (χ2v) is 6.91. The molecule has 1 saturated heterocycles. The number of H-pyrrole nitrogens is 1. The second kappa shape index (κ2) is 5.84. The number of aromatic amines is 1. The number of nitrogens with zero attached hydrogens (tertiary/aromatic N) is 2. The number of benzene rings is 1. The van der Waals surface area contributed by atoms with Gasteiger partial charge in [0.2, 0.25) is 5.91 Å². The summed E-state index contributed by atoms with van der Waals surface area (Å²) in [6.07, 6.45) is 6.78. The second-order valence-electron chi connectivity index (χ2n) is 6.91. The number of aromatic nitrogens is 2. The fourth-order valence-electron chi connectivity index (χ4n) is 4.03. The van der Waals surface area contributed by atoms with E-state index in [1.807, 2.05) is 6.20 Å². The molecule has 1 fully saturated rings. The number of amides is 1. The first-order valence-electron chi connectivity index (χ1n) is 8.60. The molecule has 120 valence electrons. The third-order valence-corrected chi connectivity index (χ3v) is 5.36. The third kappa shape index (κ3) is 2.67. The van der Waals surface area contributed by atoms with Gasteiger partial charge in [0.1, 0.15) is 0 Å². The van der Waals surface area contributed by atoms with Gasteiger partial charge in [0.05, 0.1) is 12.2 Å². The van der Waals surface area contributed by atoms with Crippen LogP contribution in [0.2, 0.25) is 0 Å². The average Bonchev–Trinajstić information content (AvgIpc) is 3.23. The Morgan fingerprint density at radius 2 is 2.09 bits per heavy atom. The van der Waals surface area contributed by atoms with Crippen LogP contribution < -0.4 is 0 Å². The van der Waals surface area contributed by atoms with Gasteiger partial charge in [-0.15, -0.1) is 0 Å². The Balaban J connectivity index is 1.52. The first-order valence-corrected chi connectivity index (χ1v) is 8.60. The van der Waals surface area contributed by atoms with Gasteiger partial charge in [-0.05, 0) is 50.2 Å². The Hall–Kier alpha value is -2.10. The highest BCUT2D eigenvalue weighted by Gasteiger charge is 2.35. The molecule has 1 aromatic carbocycles. The lowest BCUT2D eigenvalue weighted by Crippen LogP contribution is -2.38. The van der Waals surface area contributed by atoms with Crippen LogP contribution >= 0.6 is 0 Å². The van der Waals surface area contributed by atoms with E-state index in [-0.39, 0.29) is 12.0 Å². The Bertz CT molecular complexity index is 704. The van der Waals surface area contributed by atoms with Crippen LogP contribution in [0.25, 0.3) is 0 Å². The largest absolute Gasteiger partial charge is 0.335 e. The topological polar surface area (TPSA) is 49.0 Å². The van der Waals surface area contributed by atoms with Crippen LogP contribution in [0.5, 0.6) is 0 Å². The molecule has 23 heavy (non-hydrogen) atoms. The molecule has 0 spiro atoms. The fraction of sp³-hybridized carbons (Fsp3) is 0.474. The Morgan fingerprint density at radius 3 is 2.91 bits per heavy atom. The summed E-state index contributed by atoms with van der Waals surface area (Å²) >= 11 is 0. The zero-order chi connectivity index (χ0) is 15.8. The average molecular weight is 309 g/mol. The van der Waals surface area contributed by atoms with Gasteiger partial charge in [-0.1, -0.05) is 29.8 Å². The molecule has 1 N–H and O–H groups in total. The minimum atomic E-state index is 0.117. The van der Waals surface area contributed by atoms with Crippen LogP contribution in [0.1, 0.15) is 47.7 Å². The molecular weight excluding hydrogens is 286 g/mol. The molecule has 0 radical (unpaired) electrons. The summed E-state index contributed by atoms with van der Waals surface area (Å²) in [5.74, 6) is 0.450. The van der Waals surface area contributed by atoms with Crippen molar-refractivity contribution >= 4 is 5.91 Å². The van der Waals surface area contributed by atoms with Crippen molar-refractivity contribution in [3.63, 3.8) is 0 Å². The van der Waals surface area contributed by atoms with Gasteiger partial charge in [-0.25, -0.2) is 0 Å². The molecule has 2 aliphatic rings. The van der Waals surface area contributed by atoms with E-state index in [4.69, 9.17) is 0 Å². The van der Waals surface area contributed by atoms with E-state index in [0.29, 0.717) is 5.91 Å². The van der Waals surface area contributed by atoms with Crippen LogP contribution in [0.15, 0.2) is 30.5 Å². The molecule has 0 bridgehead atoms. The molecular formula is C19H23N3O. The molecule has 1 aliphatic heterocycles. The van der Waals surface area contributed by atoms with E-state index in [1.54, 1.807) is 0 Å². The quantitative estimate of drug-likeness (QED) is 0.926. The van der Waals surface area contributed by atoms with Crippen molar-refractivity contribution in [1.82, 2.24) is 15.1 Å². The van der Waals surface area contributed by atoms with Gasteiger partial charge in [0.25, 0.3) is 0 Å².